The fourth-order valence-corrected chi connectivity index (χ4v) is 6.00. The van der Waals surface area contributed by atoms with E-state index in [0.717, 1.165) is 66.5 Å². The number of rotatable bonds is 2. The highest BCUT2D eigenvalue weighted by atomic mass is 35.5. The van der Waals surface area contributed by atoms with Crippen LogP contribution in [0, 0.1) is 12.3 Å². The molecule has 1 aliphatic heterocycles. The van der Waals surface area contributed by atoms with Gasteiger partial charge in [-0.2, -0.15) is 0 Å². The smallest absolute Gasteiger partial charge is 0.211 e. The summed E-state index contributed by atoms with van der Waals surface area (Å²) in [7, 11) is 0. The monoisotopic (exact) mass is 478 g/mol. The number of anilines is 1. The molecule has 0 unspecified atom stereocenters. The Labute approximate surface area is 202 Å². The minimum Gasteiger partial charge on any atom is -0.342 e. The first-order valence-corrected chi connectivity index (χ1v) is 12.0. The van der Waals surface area contributed by atoms with Gasteiger partial charge in [-0.3, -0.25) is 9.38 Å². The van der Waals surface area contributed by atoms with Gasteiger partial charge in [0, 0.05) is 54.5 Å². The average Bonchev–Trinajstić information content (AvgIpc) is 3.40. The average molecular weight is 479 g/mol. The molecule has 6 rings (SSSR count). The zero-order valence-electron chi connectivity index (χ0n) is 18.3. The molecule has 4 heterocycles. The molecular formula is C25H24Cl2N6. The van der Waals surface area contributed by atoms with E-state index in [1.54, 1.807) is 6.07 Å². The molecule has 33 heavy (non-hydrogen) atoms. The lowest BCUT2D eigenvalue weighted by molar-refractivity contribution is 0.186. The Balaban J connectivity index is 1.34. The molecule has 0 saturated carbocycles. The van der Waals surface area contributed by atoms with Gasteiger partial charge < -0.3 is 10.6 Å². The van der Waals surface area contributed by atoms with Crippen LogP contribution in [0.15, 0.2) is 48.9 Å². The standard InChI is InChI=1S/C25H24Cl2N6/c1-15-20(17-4-2-6-18(26)21(17)27)23-30-10-13-33(23)24(31-15)32-11-7-25(8-12-32)14-19-16(22(25)28)5-3-9-29-19/h2-6,9-10,13,22H,7-8,11-12,14,28H2,1H3/t22-/m1/s1. The van der Waals surface area contributed by atoms with E-state index in [0.29, 0.717) is 10.0 Å². The molecule has 0 bridgehead atoms. The van der Waals surface area contributed by atoms with Gasteiger partial charge in [0.2, 0.25) is 5.95 Å². The number of nitrogens with zero attached hydrogens (tertiary/aromatic N) is 5. The van der Waals surface area contributed by atoms with Crippen molar-refractivity contribution in [1.29, 1.82) is 0 Å². The number of imidazole rings is 1. The van der Waals surface area contributed by atoms with E-state index in [4.69, 9.17) is 33.9 Å². The van der Waals surface area contributed by atoms with Crippen molar-refractivity contribution in [2.75, 3.05) is 18.0 Å². The summed E-state index contributed by atoms with van der Waals surface area (Å²) < 4.78 is 2.06. The molecule has 1 fully saturated rings. The molecule has 2 aliphatic rings. The molecule has 6 nitrogen and oxygen atoms in total. The Morgan fingerprint density at radius 1 is 1.06 bits per heavy atom. The Bertz CT molecular complexity index is 1370. The van der Waals surface area contributed by atoms with Crippen LogP contribution in [0.2, 0.25) is 10.0 Å². The second kappa shape index (κ2) is 7.69. The van der Waals surface area contributed by atoms with Crippen molar-refractivity contribution >= 4 is 34.8 Å². The summed E-state index contributed by atoms with van der Waals surface area (Å²) in [6, 6.07) is 9.82. The van der Waals surface area contributed by atoms with Gasteiger partial charge in [-0.25, -0.2) is 9.97 Å². The summed E-state index contributed by atoms with van der Waals surface area (Å²) in [5.74, 6) is 0.902. The number of pyridine rings is 1. The van der Waals surface area contributed by atoms with Crippen LogP contribution in [0.4, 0.5) is 5.95 Å². The second-order valence-corrected chi connectivity index (χ2v) is 9.92. The molecule has 4 aromatic rings. The first-order valence-electron chi connectivity index (χ1n) is 11.2. The molecule has 1 spiro atoms. The molecule has 168 valence electrons. The van der Waals surface area contributed by atoms with Gasteiger partial charge in [0.1, 0.15) is 5.65 Å². The maximum atomic E-state index is 6.74. The molecule has 1 aromatic carbocycles. The number of piperidine rings is 1. The number of aromatic nitrogens is 4. The maximum Gasteiger partial charge on any atom is 0.211 e. The van der Waals surface area contributed by atoms with Crippen LogP contribution >= 0.6 is 23.2 Å². The van der Waals surface area contributed by atoms with Crippen LogP contribution < -0.4 is 10.6 Å². The number of aryl methyl sites for hydroxylation is 1. The van der Waals surface area contributed by atoms with Crippen LogP contribution in [0.5, 0.6) is 0 Å². The number of hydrogen-bond donors (Lipinski definition) is 1. The predicted molar refractivity (Wildman–Crippen MR) is 132 cm³/mol. The molecule has 3 aromatic heterocycles. The molecular weight excluding hydrogens is 455 g/mol. The van der Waals surface area contributed by atoms with Crippen LogP contribution in [0.3, 0.4) is 0 Å². The Morgan fingerprint density at radius 3 is 2.67 bits per heavy atom. The zero-order valence-corrected chi connectivity index (χ0v) is 19.8. The fourth-order valence-electron chi connectivity index (χ4n) is 5.60. The number of hydrogen-bond acceptors (Lipinski definition) is 5. The number of fused-ring (bicyclic) bond motifs is 2. The molecule has 1 saturated heterocycles. The van der Waals surface area contributed by atoms with Crippen molar-refractivity contribution in [1.82, 2.24) is 19.4 Å². The number of halogens is 2. The lowest BCUT2D eigenvalue weighted by Gasteiger charge is -2.42. The summed E-state index contributed by atoms with van der Waals surface area (Å²) in [6.07, 6.45) is 8.60. The SMILES string of the molecule is Cc1nc(N2CCC3(CC2)Cc2ncccc2[C@H]3N)n2ccnc2c1-c1cccc(Cl)c1Cl. The summed E-state index contributed by atoms with van der Waals surface area (Å²) >= 11 is 12.8. The van der Waals surface area contributed by atoms with Gasteiger partial charge in [-0.15, -0.1) is 0 Å². The fraction of sp³-hybridized carbons (Fsp3) is 0.320. The quantitative estimate of drug-likeness (QED) is 0.425. The molecule has 1 atom stereocenters. The highest BCUT2D eigenvalue weighted by Gasteiger charge is 2.46. The van der Waals surface area contributed by atoms with Crippen molar-refractivity contribution in [3.63, 3.8) is 0 Å². The van der Waals surface area contributed by atoms with E-state index in [1.807, 2.05) is 43.7 Å². The van der Waals surface area contributed by atoms with Crippen molar-refractivity contribution in [2.24, 2.45) is 11.1 Å². The topological polar surface area (TPSA) is 72.3 Å². The Hall–Kier alpha value is -2.67. The molecule has 1 aliphatic carbocycles. The second-order valence-electron chi connectivity index (χ2n) is 9.14. The van der Waals surface area contributed by atoms with Gasteiger partial charge in [0.15, 0.2) is 0 Å². The third kappa shape index (κ3) is 3.15. The third-order valence-electron chi connectivity index (χ3n) is 7.41. The van der Waals surface area contributed by atoms with Gasteiger partial charge >= 0.3 is 0 Å². The van der Waals surface area contributed by atoms with E-state index in [1.165, 1.54) is 5.56 Å². The normalized spacial score (nSPS) is 19.4. The highest BCUT2D eigenvalue weighted by molar-refractivity contribution is 6.43. The zero-order chi connectivity index (χ0) is 22.7. The van der Waals surface area contributed by atoms with E-state index >= 15 is 0 Å². The molecule has 2 N–H and O–H groups in total. The molecule has 0 radical (unpaired) electrons. The predicted octanol–water partition coefficient (Wildman–Crippen LogP) is 5.25. The van der Waals surface area contributed by atoms with Crippen molar-refractivity contribution < 1.29 is 0 Å². The van der Waals surface area contributed by atoms with E-state index in [9.17, 15) is 0 Å². The first-order chi connectivity index (χ1) is 16.0. The van der Waals surface area contributed by atoms with Gasteiger partial charge in [-0.05, 0) is 49.3 Å². The minimum atomic E-state index is 0.0404. The van der Waals surface area contributed by atoms with Gasteiger partial charge in [0.05, 0.1) is 15.7 Å². The summed E-state index contributed by atoms with van der Waals surface area (Å²) in [5.41, 5.74) is 12.6. The van der Waals surface area contributed by atoms with Crippen molar-refractivity contribution in [3.8, 4) is 11.1 Å². The van der Waals surface area contributed by atoms with Crippen LogP contribution in [0.1, 0.15) is 35.8 Å². The van der Waals surface area contributed by atoms with Crippen LogP contribution in [0.25, 0.3) is 16.8 Å². The number of nitrogens with two attached hydrogens (primary N) is 1. The summed E-state index contributed by atoms with van der Waals surface area (Å²) in [5, 5.41) is 1.04. The van der Waals surface area contributed by atoms with E-state index in [2.05, 4.69) is 25.3 Å². The van der Waals surface area contributed by atoms with Crippen LogP contribution in [-0.2, 0) is 6.42 Å². The van der Waals surface area contributed by atoms with Gasteiger partial charge in [0.25, 0.3) is 0 Å². The van der Waals surface area contributed by atoms with Gasteiger partial charge in [-0.1, -0.05) is 41.4 Å². The van der Waals surface area contributed by atoms with Crippen molar-refractivity contribution in [2.45, 2.75) is 32.2 Å². The lowest BCUT2D eigenvalue weighted by atomic mass is 9.73. The largest absolute Gasteiger partial charge is 0.342 e. The highest BCUT2D eigenvalue weighted by Crippen LogP contribution is 2.50. The molecule has 0 amide bonds. The Morgan fingerprint density at radius 2 is 1.88 bits per heavy atom. The molecule has 8 heteroatoms. The summed E-state index contributed by atoms with van der Waals surface area (Å²) in [4.78, 5) is 16.6. The summed E-state index contributed by atoms with van der Waals surface area (Å²) in [6.45, 7) is 3.78. The van der Waals surface area contributed by atoms with Crippen molar-refractivity contribution in [3.05, 3.63) is 75.9 Å². The third-order valence-corrected chi connectivity index (χ3v) is 8.23. The van der Waals surface area contributed by atoms with Crippen LogP contribution in [-0.4, -0.2) is 32.4 Å². The number of benzene rings is 1. The first kappa shape index (κ1) is 20.9. The van der Waals surface area contributed by atoms with E-state index in [-0.39, 0.29) is 11.5 Å². The van der Waals surface area contributed by atoms with E-state index < -0.39 is 0 Å². The minimum absolute atomic E-state index is 0.0404. The lowest BCUT2D eigenvalue weighted by Crippen LogP contribution is -2.45. The Kier molecular flexibility index (Phi) is 4.87. The maximum absolute atomic E-state index is 6.74.